The molecule has 1 aromatic rings. The van der Waals surface area contributed by atoms with Crippen LogP contribution in [0.3, 0.4) is 0 Å². The summed E-state index contributed by atoms with van der Waals surface area (Å²) in [4.78, 5) is 12.6. The summed E-state index contributed by atoms with van der Waals surface area (Å²) in [6.07, 6.45) is 6.21. The van der Waals surface area contributed by atoms with Crippen LogP contribution >= 0.6 is 0 Å². The van der Waals surface area contributed by atoms with Crippen molar-refractivity contribution in [3.05, 3.63) is 29.8 Å². The lowest BCUT2D eigenvalue weighted by atomic mass is 9.79. The molecule has 0 heterocycles. The Hall–Kier alpha value is -1.91. The number of nitriles is 1. The van der Waals surface area contributed by atoms with Crippen LogP contribution < -0.4 is 5.32 Å². The van der Waals surface area contributed by atoms with Crippen LogP contribution in [0.15, 0.2) is 29.2 Å². The lowest BCUT2D eigenvalue weighted by Crippen LogP contribution is -2.46. The molecule has 7 heteroatoms. The number of fused-ring (bicyclic) bond motifs is 5. The molecule has 3 fully saturated rings. The van der Waals surface area contributed by atoms with Crippen LogP contribution in [-0.4, -0.2) is 38.3 Å². The van der Waals surface area contributed by atoms with Crippen molar-refractivity contribution >= 4 is 15.9 Å². The fraction of sp³-hybridized carbons (Fsp3) is 0.600. The molecule has 5 unspecified atom stereocenters. The van der Waals surface area contributed by atoms with E-state index in [1.54, 1.807) is 0 Å². The first-order chi connectivity index (χ1) is 12.9. The predicted octanol–water partition coefficient (Wildman–Crippen LogP) is 2.12. The quantitative estimate of drug-likeness (QED) is 0.838. The van der Waals surface area contributed by atoms with E-state index >= 15 is 0 Å². The van der Waals surface area contributed by atoms with Gasteiger partial charge in [-0.2, -0.15) is 9.57 Å². The number of benzene rings is 1. The van der Waals surface area contributed by atoms with Crippen LogP contribution in [0.2, 0.25) is 0 Å². The fourth-order valence-electron chi connectivity index (χ4n) is 5.66. The summed E-state index contributed by atoms with van der Waals surface area (Å²) in [6.45, 7) is -0.190. The molecule has 0 aliphatic heterocycles. The van der Waals surface area contributed by atoms with E-state index in [1.165, 1.54) is 57.0 Å². The molecule has 4 rings (SSSR count). The van der Waals surface area contributed by atoms with Gasteiger partial charge < -0.3 is 5.32 Å². The van der Waals surface area contributed by atoms with Gasteiger partial charge in [0.15, 0.2) is 0 Å². The third-order valence-electron chi connectivity index (χ3n) is 6.83. The molecular weight excluding hydrogens is 362 g/mol. The molecule has 0 spiro atoms. The first kappa shape index (κ1) is 18.5. The van der Waals surface area contributed by atoms with Crippen LogP contribution in [0.4, 0.5) is 0 Å². The Bertz CT molecular complexity index is 875. The number of carbonyl (C=O) groups excluding carboxylic acids is 1. The summed E-state index contributed by atoms with van der Waals surface area (Å²) >= 11 is 0. The number of amides is 1. The summed E-state index contributed by atoms with van der Waals surface area (Å²) in [5, 5.41) is 11.9. The molecule has 5 atom stereocenters. The average Bonchev–Trinajstić information content (AvgIpc) is 3.34. The van der Waals surface area contributed by atoms with Crippen molar-refractivity contribution in [2.45, 2.75) is 43.0 Å². The van der Waals surface area contributed by atoms with Crippen LogP contribution in [0.5, 0.6) is 0 Å². The van der Waals surface area contributed by atoms with Gasteiger partial charge in [0.1, 0.15) is 0 Å². The third kappa shape index (κ3) is 3.26. The van der Waals surface area contributed by atoms with Crippen LogP contribution in [0, 0.1) is 35.0 Å². The van der Waals surface area contributed by atoms with Crippen molar-refractivity contribution in [1.82, 2.24) is 9.62 Å². The number of sulfonamides is 1. The third-order valence-corrected chi connectivity index (χ3v) is 8.65. The highest BCUT2D eigenvalue weighted by Crippen LogP contribution is 2.58. The predicted molar refractivity (Wildman–Crippen MR) is 99.9 cm³/mol. The minimum absolute atomic E-state index is 0.0884. The van der Waals surface area contributed by atoms with E-state index < -0.39 is 10.0 Å². The molecule has 3 saturated carbocycles. The highest BCUT2D eigenvalue weighted by atomic mass is 32.2. The Balaban J connectivity index is 1.37. The van der Waals surface area contributed by atoms with Crippen LogP contribution in [-0.2, 0) is 14.8 Å². The lowest BCUT2D eigenvalue weighted by Gasteiger charge is -2.32. The number of rotatable bonds is 5. The molecule has 2 bridgehead atoms. The number of carbonyl (C=O) groups is 1. The number of nitrogens with one attached hydrogen (secondary N) is 1. The van der Waals surface area contributed by atoms with Gasteiger partial charge >= 0.3 is 0 Å². The first-order valence-corrected chi connectivity index (χ1v) is 11.1. The number of likely N-dealkylation sites (N-methyl/N-ethyl adjacent to an activating group) is 1. The van der Waals surface area contributed by atoms with Crippen molar-refractivity contribution in [2.24, 2.45) is 23.7 Å². The van der Waals surface area contributed by atoms with Crippen molar-refractivity contribution in [1.29, 1.82) is 5.26 Å². The maximum Gasteiger partial charge on any atom is 0.243 e. The molecule has 1 N–H and O–H groups in total. The SMILES string of the molecule is CN(CC(=O)NC1CC2CC1C1CCCC21)S(=O)(=O)c1ccc(C#N)cc1. The number of hydrogen-bond donors (Lipinski definition) is 1. The van der Waals surface area contributed by atoms with Gasteiger partial charge in [0.2, 0.25) is 15.9 Å². The molecule has 144 valence electrons. The summed E-state index contributed by atoms with van der Waals surface area (Å²) in [5.41, 5.74) is 0.399. The van der Waals surface area contributed by atoms with Gasteiger partial charge in [0.05, 0.1) is 23.1 Å². The zero-order chi connectivity index (χ0) is 19.2. The van der Waals surface area contributed by atoms with E-state index in [-0.39, 0.29) is 23.4 Å². The van der Waals surface area contributed by atoms with E-state index in [4.69, 9.17) is 5.26 Å². The number of hydrogen-bond acceptors (Lipinski definition) is 4. The molecule has 3 aliphatic carbocycles. The molecular formula is C20H25N3O3S. The minimum atomic E-state index is -3.75. The monoisotopic (exact) mass is 387 g/mol. The van der Waals surface area contributed by atoms with Crippen molar-refractivity contribution in [3.8, 4) is 6.07 Å². The summed E-state index contributed by atoms with van der Waals surface area (Å²) in [5.74, 6) is 2.71. The van der Waals surface area contributed by atoms with Gasteiger partial charge in [-0.3, -0.25) is 4.79 Å². The van der Waals surface area contributed by atoms with Crippen LogP contribution in [0.1, 0.15) is 37.7 Å². The highest BCUT2D eigenvalue weighted by molar-refractivity contribution is 7.89. The average molecular weight is 388 g/mol. The zero-order valence-electron chi connectivity index (χ0n) is 15.5. The molecule has 1 amide bonds. The maximum absolute atomic E-state index is 12.6. The zero-order valence-corrected chi connectivity index (χ0v) is 16.3. The van der Waals surface area contributed by atoms with Gasteiger partial charge in [0.25, 0.3) is 0 Å². The van der Waals surface area contributed by atoms with E-state index in [0.29, 0.717) is 11.5 Å². The molecule has 0 saturated heterocycles. The van der Waals surface area contributed by atoms with Gasteiger partial charge in [-0.1, -0.05) is 6.42 Å². The van der Waals surface area contributed by atoms with Gasteiger partial charge in [-0.15, -0.1) is 0 Å². The molecule has 0 aromatic heterocycles. The molecule has 1 aromatic carbocycles. The Morgan fingerprint density at radius 3 is 2.59 bits per heavy atom. The maximum atomic E-state index is 12.6. The number of nitrogens with zero attached hydrogens (tertiary/aromatic N) is 2. The van der Waals surface area contributed by atoms with Crippen molar-refractivity contribution < 1.29 is 13.2 Å². The minimum Gasteiger partial charge on any atom is -0.352 e. The fourth-order valence-corrected chi connectivity index (χ4v) is 6.78. The Labute approximate surface area is 160 Å². The van der Waals surface area contributed by atoms with Gasteiger partial charge in [0, 0.05) is 13.1 Å². The molecule has 27 heavy (non-hydrogen) atoms. The van der Waals surface area contributed by atoms with Crippen molar-refractivity contribution in [3.63, 3.8) is 0 Å². The molecule has 6 nitrogen and oxygen atoms in total. The second-order valence-corrected chi connectivity index (χ2v) is 10.3. The van der Waals surface area contributed by atoms with E-state index in [9.17, 15) is 13.2 Å². The van der Waals surface area contributed by atoms with E-state index in [2.05, 4.69) is 5.32 Å². The first-order valence-electron chi connectivity index (χ1n) is 9.66. The smallest absolute Gasteiger partial charge is 0.243 e. The lowest BCUT2D eigenvalue weighted by molar-refractivity contribution is -0.122. The van der Waals surface area contributed by atoms with Crippen LogP contribution in [0.25, 0.3) is 0 Å². The van der Waals surface area contributed by atoms with Gasteiger partial charge in [-0.25, -0.2) is 8.42 Å². The highest BCUT2D eigenvalue weighted by Gasteiger charge is 2.54. The standard InChI is InChI=1S/C20H25N3O3S/c1-23(27(25,26)15-7-5-13(11-21)6-8-15)12-20(24)22-19-10-14-9-18(19)17-4-2-3-16(14)17/h5-8,14,16-19H,2-4,9-10,12H2,1H3,(H,22,24). The summed E-state index contributed by atoms with van der Waals surface area (Å²) in [7, 11) is -2.34. The van der Waals surface area contributed by atoms with Crippen molar-refractivity contribution in [2.75, 3.05) is 13.6 Å². The van der Waals surface area contributed by atoms with Gasteiger partial charge in [-0.05, 0) is 73.6 Å². The second kappa shape index (κ2) is 6.92. The Morgan fingerprint density at radius 2 is 1.89 bits per heavy atom. The summed E-state index contributed by atoms with van der Waals surface area (Å²) < 4.78 is 26.4. The Morgan fingerprint density at radius 1 is 1.19 bits per heavy atom. The molecule has 0 radical (unpaired) electrons. The topological polar surface area (TPSA) is 90.3 Å². The second-order valence-electron chi connectivity index (χ2n) is 8.23. The molecule has 3 aliphatic rings. The van der Waals surface area contributed by atoms with E-state index in [0.717, 1.165) is 28.5 Å². The van der Waals surface area contributed by atoms with E-state index in [1.807, 2.05) is 6.07 Å². The summed E-state index contributed by atoms with van der Waals surface area (Å²) in [6, 6.07) is 7.90. The normalized spacial score (nSPS) is 31.7. The Kier molecular flexibility index (Phi) is 4.73. The largest absolute Gasteiger partial charge is 0.352 e.